The van der Waals surface area contributed by atoms with E-state index in [0.717, 1.165) is 16.8 Å². The average molecular weight is 475 g/mol. The van der Waals surface area contributed by atoms with Gasteiger partial charge in [0.1, 0.15) is 0 Å². The molecule has 29 heavy (non-hydrogen) atoms. The number of amides is 1. The van der Waals surface area contributed by atoms with E-state index in [1.165, 1.54) is 11.3 Å². The third-order valence-electron chi connectivity index (χ3n) is 3.64. The lowest BCUT2D eigenvalue weighted by Gasteiger charge is -2.13. The van der Waals surface area contributed by atoms with Crippen molar-refractivity contribution in [1.29, 1.82) is 0 Å². The molecule has 3 rings (SSSR count). The predicted molar refractivity (Wildman–Crippen MR) is 119 cm³/mol. The number of hydrazone groups is 1. The van der Waals surface area contributed by atoms with Gasteiger partial charge in [-0.3, -0.25) is 10.2 Å². The Bertz CT molecular complexity index is 1010. The van der Waals surface area contributed by atoms with Crippen LogP contribution in [-0.2, 0) is 4.79 Å². The summed E-state index contributed by atoms with van der Waals surface area (Å²) in [4.78, 5) is 15.5. The third-order valence-corrected chi connectivity index (χ3v) is 4.97. The minimum Gasteiger partial charge on any atom is -0.490 e. The summed E-state index contributed by atoms with van der Waals surface area (Å²) in [5.41, 5.74) is 10.8. The lowest BCUT2D eigenvalue weighted by atomic mass is 10.2. The summed E-state index contributed by atoms with van der Waals surface area (Å²) < 4.78 is 11.7. The molecule has 0 aliphatic rings. The van der Waals surface area contributed by atoms with E-state index in [9.17, 15) is 4.79 Å². The van der Waals surface area contributed by atoms with Gasteiger partial charge in [-0.05, 0) is 40.5 Å². The number of primary amides is 1. The maximum Gasteiger partial charge on any atom is 0.255 e. The highest BCUT2D eigenvalue weighted by atomic mass is 79.9. The summed E-state index contributed by atoms with van der Waals surface area (Å²) in [5, 5.41) is 6.91. The smallest absolute Gasteiger partial charge is 0.255 e. The zero-order valence-corrected chi connectivity index (χ0v) is 18.0. The molecule has 7 nitrogen and oxygen atoms in total. The van der Waals surface area contributed by atoms with Gasteiger partial charge in [-0.15, -0.1) is 11.3 Å². The Kier molecular flexibility index (Phi) is 7.20. The number of nitrogens with zero attached hydrogens (tertiary/aromatic N) is 2. The summed E-state index contributed by atoms with van der Waals surface area (Å²) in [5.74, 6) is 0.348. The van der Waals surface area contributed by atoms with Crippen LogP contribution in [0.25, 0.3) is 11.3 Å². The normalized spacial score (nSPS) is 10.8. The Labute approximate surface area is 180 Å². The molecule has 3 N–H and O–H groups in total. The minimum atomic E-state index is -0.562. The van der Waals surface area contributed by atoms with Crippen LogP contribution < -0.4 is 20.6 Å². The summed E-state index contributed by atoms with van der Waals surface area (Å²) in [6.07, 6.45) is 1.65. The standard InChI is InChI=1S/C20H19BrN4O3S/c1-2-27-17-9-13(8-15(21)19(17)28-11-18(22)26)10-23-25-20-24-16(12-29-20)14-6-4-3-5-7-14/h3-10,12H,2,11H2,1H3,(H2,22,26)(H,24,25). The number of ether oxygens (including phenoxy) is 2. The van der Waals surface area contributed by atoms with Crippen LogP contribution in [0.4, 0.5) is 5.13 Å². The van der Waals surface area contributed by atoms with Crippen LogP contribution in [0, 0.1) is 0 Å². The Morgan fingerprint density at radius 1 is 1.31 bits per heavy atom. The number of hydrogen-bond donors (Lipinski definition) is 2. The second kappa shape index (κ2) is 10.0. The van der Waals surface area contributed by atoms with Crippen molar-refractivity contribution in [3.8, 4) is 22.8 Å². The SMILES string of the molecule is CCOc1cc(C=NNc2nc(-c3ccccc3)cs2)cc(Br)c1OCC(N)=O. The van der Waals surface area contributed by atoms with Crippen molar-refractivity contribution in [3.05, 3.63) is 57.9 Å². The van der Waals surface area contributed by atoms with Gasteiger partial charge in [0.05, 0.1) is 23.0 Å². The third kappa shape index (κ3) is 5.78. The Morgan fingerprint density at radius 3 is 2.83 bits per heavy atom. The first-order valence-corrected chi connectivity index (χ1v) is 10.4. The number of carbonyl (C=O) groups excluding carboxylic acids is 1. The molecule has 2 aromatic carbocycles. The number of anilines is 1. The van der Waals surface area contributed by atoms with Gasteiger partial charge in [0.2, 0.25) is 5.13 Å². The van der Waals surface area contributed by atoms with Crippen molar-refractivity contribution in [3.63, 3.8) is 0 Å². The molecule has 150 valence electrons. The molecular weight excluding hydrogens is 456 g/mol. The average Bonchev–Trinajstić information content (AvgIpc) is 3.17. The molecular formula is C20H19BrN4O3S. The lowest BCUT2D eigenvalue weighted by molar-refractivity contribution is -0.119. The topological polar surface area (TPSA) is 98.8 Å². The van der Waals surface area contributed by atoms with Crippen LogP contribution >= 0.6 is 27.3 Å². The van der Waals surface area contributed by atoms with Gasteiger partial charge in [-0.2, -0.15) is 5.10 Å². The predicted octanol–water partition coefficient (Wildman–Crippen LogP) is 4.28. The first-order chi connectivity index (χ1) is 14.1. The summed E-state index contributed by atoms with van der Waals surface area (Å²) in [7, 11) is 0. The van der Waals surface area contributed by atoms with Gasteiger partial charge < -0.3 is 15.2 Å². The van der Waals surface area contributed by atoms with Crippen LogP contribution in [0.5, 0.6) is 11.5 Å². The van der Waals surface area contributed by atoms with E-state index in [4.69, 9.17) is 15.2 Å². The highest BCUT2D eigenvalue weighted by molar-refractivity contribution is 9.10. The van der Waals surface area contributed by atoms with Crippen LogP contribution in [0.2, 0.25) is 0 Å². The van der Waals surface area contributed by atoms with E-state index in [2.05, 4.69) is 31.4 Å². The summed E-state index contributed by atoms with van der Waals surface area (Å²) >= 11 is 4.91. The van der Waals surface area contributed by atoms with E-state index in [1.54, 1.807) is 18.3 Å². The van der Waals surface area contributed by atoms with Crippen molar-refractivity contribution in [2.24, 2.45) is 10.8 Å². The number of thiazole rings is 1. The highest BCUT2D eigenvalue weighted by Crippen LogP contribution is 2.36. The van der Waals surface area contributed by atoms with E-state index < -0.39 is 5.91 Å². The van der Waals surface area contributed by atoms with Crippen LogP contribution in [-0.4, -0.2) is 30.3 Å². The zero-order valence-electron chi connectivity index (χ0n) is 15.6. The van der Waals surface area contributed by atoms with Crippen molar-refractivity contribution >= 4 is 44.5 Å². The maximum atomic E-state index is 11.0. The van der Waals surface area contributed by atoms with Crippen LogP contribution in [0.3, 0.4) is 0 Å². The lowest BCUT2D eigenvalue weighted by Crippen LogP contribution is -2.20. The van der Waals surface area contributed by atoms with Crippen molar-refractivity contribution in [1.82, 2.24) is 4.98 Å². The molecule has 1 heterocycles. The molecule has 0 saturated heterocycles. The molecule has 3 aromatic rings. The van der Waals surface area contributed by atoms with Crippen LogP contribution in [0.15, 0.2) is 57.4 Å². The van der Waals surface area contributed by atoms with Gasteiger partial charge in [0.15, 0.2) is 18.1 Å². The number of nitrogens with one attached hydrogen (secondary N) is 1. The molecule has 0 unspecified atom stereocenters. The molecule has 1 amide bonds. The van der Waals surface area contributed by atoms with Gasteiger partial charge in [-0.1, -0.05) is 30.3 Å². The molecule has 0 spiro atoms. The number of carbonyl (C=O) groups is 1. The van der Waals surface area contributed by atoms with Crippen molar-refractivity contribution < 1.29 is 14.3 Å². The monoisotopic (exact) mass is 474 g/mol. The zero-order chi connectivity index (χ0) is 20.6. The minimum absolute atomic E-state index is 0.235. The van der Waals surface area contributed by atoms with Gasteiger partial charge in [0, 0.05) is 10.9 Å². The quantitative estimate of drug-likeness (QED) is 0.356. The molecule has 9 heteroatoms. The summed E-state index contributed by atoms with van der Waals surface area (Å²) in [6, 6.07) is 13.5. The number of benzene rings is 2. The van der Waals surface area contributed by atoms with Gasteiger partial charge >= 0.3 is 0 Å². The first kappa shape index (κ1) is 20.8. The fourth-order valence-electron chi connectivity index (χ4n) is 2.44. The second-order valence-corrected chi connectivity index (χ2v) is 7.50. The molecule has 1 aromatic heterocycles. The van der Waals surface area contributed by atoms with E-state index >= 15 is 0 Å². The number of aromatic nitrogens is 1. The molecule has 0 atom stereocenters. The molecule has 0 fully saturated rings. The Hall–Kier alpha value is -2.91. The fourth-order valence-corrected chi connectivity index (χ4v) is 3.68. The van der Waals surface area contributed by atoms with E-state index in [-0.39, 0.29) is 6.61 Å². The van der Waals surface area contributed by atoms with E-state index in [0.29, 0.717) is 27.7 Å². The second-order valence-electron chi connectivity index (χ2n) is 5.79. The number of hydrogen-bond acceptors (Lipinski definition) is 7. The van der Waals surface area contributed by atoms with Crippen LogP contribution in [0.1, 0.15) is 12.5 Å². The van der Waals surface area contributed by atoms with Gasteiger partial charge in [-0.25, -0.2) is 4.98 Å². The molecule has 0 radical (unpaired) electrons. The molecule has 0 bridgehead atoms. The number of rotatable bonds is 9. The fraction of sp³-hybridized carbons (Fsp3) is 0.150. The van der Waals surface area contributed by atoms with Crippen molar-refractivity contribution in [2.45, 2.75) is 6.92 Å². The van der Waals surface area contributed by atoms with E-state index in [1.807, 2.05) is 42.6 Å². The molecule has 0 saturated carbocycles. The number of halogens is 1. The molecule has 0 aliphatic heterocycles. The first-order valence-electron chi connectivity index (χ1n) is 8.74. The summed E-state index contributed by atoms with van der Waals surface area (Å²) in [6.45, 7) is 2.07. The van der Waals surface area contributed by atoms with Crippen molar-refractivity contribution in [2.75, 3.05) is 18.6 Å². The number of nitrogens with two attached hydrogens (primary N) is 1. The maximum absolute atomic E-state index is 11.0. The Balaban J connectivity index is 1.71. The van der Waals surface area contributed by atoms with Gasteiger partial charge in [0.25, 0.3) is 5.91 Å². The largest absolute Gasteiger partial charge is 0.490 e. The highest BCUT2D eigenvalue weighted by Gasteiger charge is 2.13. The Morgan fingerprint density at radius 2 is 2.10 bits per heavy atom. The molecule has 0 aliphatic carbocycles.